The van der Waals surface area contributed by atoms with Crippen LogP contribution in [0.5, 0.6) is 0 Å². The Kier molecular flexibility index (Phi) is 4.96. The van der Waals surface area contributed by atoms with Crippen molar-refractivity contribution in [2.45, 2.75) is 25.1 Å². The van der Waals surface area contributed by atoms with Crippen LogP contribution in [0.3, 0.4) is 0 Å². The van der Waals surface area contributed by atoms with Gasteiger partial charge in [-0.2, -0.15) is 18.2 Å². The fraction of sp³-hybridized carbons (Fsp3) is 0.250. The van der Waals surface area contributed by atoms with Crippen molar-refractivity contribution in [2.75, 3.05) is 6.54 Å². The summed E-state index contributed by atoms with van der Waals surface area (Å²) in [7, 11) is 0. The van der Waals surface area contributed by atoms with Crippen molar-refractivity contribution in [1.29, 1.82) is 0 Å². The van der Waals surface area contributed by atoms with Crippen LogP contribution in [0.2, 0.25) is 0 Å². The van der Waals surface area contributed by atoms with Gasteiger partial charge in [0, 0.05) is 18.2 Å². The highest BCUT2D eigenvalue weighted by atomic mass is 19.4. The zero-order valence-corrected chi connectivity index (χ0v) is 15.1. The van der Waals surface area contributed by atoms with Crippen LogP contribution < -0.4 is 0 Å². The van der Waals surface area contributed by atoms with Gasteiger partial charge in [0.2, 0.25) is 17.6 Å². The minimum atomic E-state index is -4.46. The highest BCUT2D eigenvalue weighted by molar-refractivity contribution is 5.91. The first-order valence-electron chi connectivity index (χ1n) is 8.95. The molecule has 4 rings (SSSR count). The van der Waals surface area contributed by atoms with E-state index in [1.807, 2.05) is 0 Å². The number of aromatic nitrogens is 2. The lowest BCUT2D eigenvalue weighted by Gasteiger charge is -2.19. The molecule has 0 spiro atoms. The van der Waals surface area contributed by atoms with Gasteiger partial charge in [0.25, 0.3) is 0 Å². The van der Waals surface area contributed by atoms with Crippen LogP contribution in [0.4, 0.5) is 13.2 Å². The molecule has 0 bridgehead atoms. The zero-order valence-electron chi connectivity index (χ0n) is 15.1. The summed E-state index contributed by atoms with van der Waals surface area (Å²) in [5, 5.41) is 3.81. The summed E-state index contributed by atoms with van der Waals surface area (Å²) in [5.74, 6) is 0.577. The number of alkyl halides is 3. The Labute approximate surface area is 163 Å². The Morgan fingerprint density at radius 3 is 2.86 bits per heavy atom. The van der Waals surface area contributed by atoms with Gasteiger partial charge < -0.3 is 13.8 Å². The SMILES string of the molecule is O=C(/C=C/c1ccco1)N1CCCC1c1nc(-c2cccc(C(F)(F)F)c2)no1. The van der Waals surface area contributed by atoms with Gasteiger partial charge in [0.05, 0.1) is 11.8 Å². The third kappa shape index (κ3) is 4.08. The number of carbonyl (C=O) groups excluding carboxylic acids is 1. The van der Waals surface area contributed by atoms with Gasteiger partial charge in [-0.25, -0.2) is 0 Å². The normalized spacial score (nSPS) is 17.3. The molecule has 1 saturated heterocycles. The summed E-state index contributed by atoms with van der Waals surface area (Å²) in [6, 6.07) is 7.75. The van der Waals surface area contributed by atoms with Crippen molar-refractivity contribution in [3.05, 3.63) is 66.0 Å². The first-order valence-corrected chi connectivity index (χ1v) is 8.95. The first kappa shape index (κ1) is 19.0. The molecule has 3 aromatic rings. The molecule has 1 aliphatic rings. The van der Waals surface area contributed by atoms with Crippen molar-refractivity contribution in [3.8, 4) is 11.4 Å². The van der Waals surface area contributed by atoms with Gasteiger partial charge >= 0.3 is 6.18 Å². The second-order valence-corrected chi connectivity index (χ2v) is 6.57. The van der Waals surface area contributed by atoms with Crippen molar-refractivity contribution in [1.82, 2.24) is 15.0 Å². The van der Waals surface area contributed by atoms with E-state index in [0.717, 1.165) is 18.6 Å². The van der Waals surface area contributed by atoms with E-state index in [-0.39, 0.29) is 23.2 Å². The molecule has 9 heteroatoms. The molecule has 1 aliphatic heterocycles. The van der Waals surface area contributed by atoms with Crippen LogP contribution in [0, 0.1) is 0 Å². The van der Waals surface area contributed by atoms with Crippen molar-refractivity contribution in [2.24, 2.45) is 0 Å². The standard InChI is InChI=1S/C20H16F3N3O3/c21-20(22,23)14-5-1-4-13(12-14)18-24-19(29-25-18)16-7-2-10-26(16)17(27)9-8-15-6-3-11-28-15/h1,3-6,8-9,11-12,16H,2,7,10H2/b9-8+. The average molecular weight is 403 g/mol. The third-order valence-electron chi connectivity index (χ3n) is 4.64. The van der Waals surface area contributed by atoms with E-state index in [9.17, 15) is 18.0 Å². The highest BCUT2D eigenvalue weighted by Crippen LogP contribution is 2.34. The second-order valence-electron chi connectivity index (χ2n) is 6.57. The van der Waals surface area contributed by atoms with Gasteiger partial charge in [-0.15, -0.1) is 0 Å². The van der Waals surface area contributed by atoms with Gasteiger partial charge in [-0.1, -0.05) is 17.3 Å². The van der Waals surface area contributed by atoms with Crippen molar-refractivity contribution in [3.63, 3.8) is 0 Å². The van der Waals surface area contributed by atoms with Gasteiger partial charge in [-0.05, 0) is 43.2 Å². The molecule has 0 radical (unpaired) electrons. The lowest BCUT2D eigenvalue weighted by molar-refractivity contribution is -0.137. The highest BCUT2D eigenvalue weighted by Gasteiger charge is 2.34. The number of hydrogen-bond donors (Lipinski definition) is 0. The van der Waals surface area contributed by atoms with Crippen molar-refractivity contribution >= 4 is 12.0 Å². The minimum absolute atomic E-state index is 0.0523. The maximum atomic E-state index is 12.9. The Bertz CT molecular complexity index is 1030. The maximum Gasteiger partial charge on any atom is 0.416 e. The Morgan fingerprint density at radius 2 is 2.10 bits per heavy atom. The van der Waals surface area contributed by atoms with E-state index in [1.54, 1.807) is 23.1 Å². The number of carbonyl (C=O) groups is 1. The largest absolute Gasteiger partial charge is 0.465 e. The topological polar surface area (TPSA) is 72.4 Å². The molecule has 150 valence electrons. The average Bonchev–Trinajstić information content (AvgIpc) is 3.46. The number of halogens is 3. The molecule has 1 unspecified atom stereocenters. The summed E-state index contributed by atoms with van der Waals surface area (Å²) in [5.41, 5.74) is -0.592. The summed E-state index contributed by atoms with van der Waals surface area (Å²) in [4.78, 5) is 18.4. The van der Waals surface area contributed by atoms with Crippen LogP contribution in [0.1, 0.15) is 36.1 Å². The summed E-state index contributed by atoms with van der Waals surface area (Å²) in [6.45, 7) is 0.521. The Morgan fingerprint density at radius 1 is 1.24 bits per heavy atom. The second kappa shape index (κ2) is 7.57. The molecule has 0 saturated carbocycles. The zero-order chi connectivity index (χ0) is 20.4. The third-order valence-corrected chi connectivity index (χ3v) is 4.64. The van der Waals surface area contributed by atoms with E-state index in [4.69, 9.17) is 8.94 Å². The molecular formula is C20H16F3N3O3. The van der Waals surface area contributed by atoms with Gasteiger partial charge in [0.15, 0.2) is 0 Å². The number of furan rings is 1. The monoisotopic (exact) mass is 403 g/mol. The van der Waals surface area contributed by atoms with E-state index in [1.165, 1.54) is 24.5 Å². The molecule has 3 heterocycles. The minimum Gasteiger partial charge on any atom is -0.465 e. The predicted octanol–water partition coefficient (Wildman–Crippen LogP) is 4.73. The molecule has 1 amide bonds. The fourth-order valence-corrected chi connectivity index (χ4v) is 3.24. The molecule has 1 aromatic carbocycles. The summed E-state index contributed by atoms with van der Waals surface area (Å²) < 4.78 is 49.2. The number of rotatable bonds is 4. The molecule has 1 atom stereocenters. The van der Waals surface area contributed by atoms with E-state index >= 15 is 0 Å². The number of benzene rings is 1. The number of hydrogen-bond acceptors (Lipinski definition) is 5. The molecule has 0 N–H and O–H groups in total. The molecule has 29 heavy (non-hydrogen) atoms. The van der Waals surface area contributed by atoms with Crippen LogP contribution in [0.25, 0.3) is 17.5 Å². The van der Waals surface area contributed by atoms with E-state index in [2.05, 4.69) is 10.1 Å². The number of amides is 1. The summed E-state index contributed by atoms with van der Waals surface area (Å²) in [6.07, 6.45) is 1.41. The van der Waals surface area contributed by atoms with E-state index < -0.39 is 17.8 Å². The van der Waals surface area contributed by atoms with Gasteiger partial charge in [-0.3, -0.25) is 4.79 Å². The van der Waals surface area contributed by atoms with Crippen molar-refractivity contribution < 1.29 is 26.9 Å². The molecule has 6 nitrogen and oxygen atoms in total. The number of likely N-dealkylation sites (tertiary alicyclic amines) is 1. The molecule has 0 aliphatic carbocycles. The lowest BCUT2D eigenvalue weighted by atomic mass is 10.1. The summed E-state index contributed by atoms with van der Waals surface area (Å²) >= 11 is 0. The fourth-order valence-electron chi connectivity index (χ4n) is 3.24. The van der Waals surface area contributed by atoms with Crippen LogP contribution in [-0.4, -0.2) is 27.5 Å². The Hall–Kier alpha value is -3.36. The quantitative estimate of drug-likeness (QED) is 0.589. The van der Waals surface area contributed by atoms with Crippen LogP contribution in [-0.2, 0) is 11.0 Å². The number of nitrogens with zero attached hydrogens (tertiary/aromatic N) is 3. The van der Waals surface area contributed by atoms with Gasteiger partial charge in [0.1, 0.15) is 11.8 Å². The Balaban J connectivity index is 1.53. The first-order chi connectivity index (χ1) is 13.9. The molecule has 1 fully saturated rings. The van der Waals surface area contributed by atoms with E-state index in [0.29, 0.717) is 18.7 Å². The molecule has 2 aromatic heterocycles. The molecular weight excluding hydrogens is 387 g/mol. The maximum absolute atomic E-state index is 12.9. The van der Waals surface area contributed by atoms with Crippen LogP contribution >= 0.6 is 0 Å². The lowest BCUT2D eigenvalue weighted by Crippen LogP contribution is -2.29. The smallest absolute Gasteiger partial charge is 0.416 e. The van der Waals surface area contributed by atoms with Crippen LogP contribution in [0.15, 0.2) is 57.7 Å². The predicted molar refractivity (Wildman–Crippen MR) is 96.2 cm³/mol.